The quantitative estimate of drug-likeness (QED) is 0.782. The molecule has 3 unspecified atom stereocenters. The van der Waals surface area contributed by atoms with Crippen molar-refractivity contribution in [2.24, 2.45) is 5.92 Å². The minimum Gasteiger partial charge on any atom is -0.391 e. The number of likely N-dealkylation sites (tertiary alicyclic amines) is 1. The van der Waals surface area contributed by atoms with Crippen LogP contribution in [0.15, 0.2) is 0 Å². The molecule has 0 amide bonds. The lowest BCUT2D eigenvalue weighted by molar-refractivity contribution is 0.0263. The Morgan fingerprint density at radius 3 is 2.62 bits per heavy atom. The van der Waals surface area contributed by atoms with Gasteiger partial charge in [-0.15, -0.1) is 0 Å². The number of aliphatic hydroxyl groups excluding tert-OH is 1. The summed E-state index contributed by atoms with van der Waals surface area (Å²) in [6.45, 7) is 3.63. The van der Waals surface area contributed by atoms with Crippen molar-refractivity contribution in [3.63, 3.8) is 0 Å². The highest BCUT2D eigenvalue weighted by Crippen LogP contribution is 2.24. The summed E-state index contributed by atoms with van der Waals surface area (Å²) in [5, 5.41) is 10.0. The average molecular weight is 226 g/mol. The van der Waals surface area contributed by atoms with Crippen molar-refractivity contribution >= 4 is 0 Å². The summed E-state index contributed by atoms with van der Waals surface area (Å²) in [6.07, 6.45) is 5.91. The number of hydrogen-bond acceptors (Lipinski definition) is 3. The summed E-state index contributed by atoms with van der Waals surface area (Å²) in [6, 6.07) is 0.416. The summed E-state index contributed by atoms with van der Waals surface area (Å²) in [7, 11) is 4.40. The molecule has 0 radical (unpaired) electrons. The summed E-state index contributed by atoms with van der Waals surface area (Å²) in [5.74, 6) is 0.809. The molecular weight excluding hydrogens is 200 g/mol. The molecule has 1 saturated heterocycles. The van der Waals surface area contributed by atoms with Crippen LogP contribution in [0.5, 0.6) is 0 Å². The normalized spacial score (nSPS) is 37.1. The minimum absolute atomic E-state index is 0.0853. The van der Waals surface area contributed by atoms with Crippen molar-refractivity contribution in [1.82, 2.24) is 9.80 Å². The van der Waals surface area contributed by atoms with Gasteiger partial charge in [0.1, 0.15) is 0 Å². The molecule has 1 aliphatic carbocycles. The van der Waals surface area contributed by atoms with Gasteiger partial charge in [0.2, 0.25) is 0 Å². The van der Waals surface area contributed by atoms with Gasteiger partial charge < -0.3 is 14.9 Å². The molecule has 0 aromatic rings. The predicted octanol–water partition coefficient (Wildman–Crippen LogP) is 1.17. The number of hydrogen-bond donors (Lipinski definition) is 1. The second-order valence-corrected chi connectivity index (χ2v) is 5.78. The smallest absolute Gasteiger partial charge is 0.0695 e. The molecule has 0 bridgehead atoms. The maximum absolute atomic E-state index is 10.0. The van der Waals surface area contributed by atoms with Gasteiger partial charge in [-0.1, -0.05) is 12.8 Å². The fraction of sp³-hybridized carbons (Fsp3) is 1.00. The van der Waals surface area contributed by atoms with Crippen molar-refractivity contribution in [3.8, 4) is 0 Å². The first-order valence-electron chi connectivity index (χ1n) is 6.73. The molecule has 3 nitrogen and oxygen atoms in total. The van der Waals surface area contributed by atoms with E-state index in [1.165, 1.54) is 38.8 Å². The first-order chi connectivity index (χ1) is 7.66. The summed E-state index contributed by atoms with van der Waals surface area (Å²) in [4.78, 5) is 4.82. The van der Waals surface area contributed by atoms with E-state index < -0.39 is 0 Å². The van der Waals surface area contributed by atoms with Crippen LogP contribution in [0.25, 0.3) is 0 Å². The molecular formula is C13H26N2O. The first-order valence-corrected chi connectivity index (χ1v) is 6.73. The van der Waals surface area contributed by atoms with Crippen molar-refractivity contribution < 1.29 is 5.11 Å². The van der Waals surface area contributed by atoms with E-state index in [-0.39, 0.29) is 6.10 Å². The molecule has 3 heteroatoms. The Morgan fingerprint density at radius 1 is 1.25 bits per heavy atom. The summed E-state index contributed by atoms with van der Waals surface area (Å²) in [5.41, 5.74) is 0. The SMILES string of the molecule is CN1CCC(CN(C)C2CCCCC2O)C1. The van der Waals surface area contributed by atoms with Gasteiger partial charge in [-0.3, -0.25) is 0 Å². The summed E-state index contributed by atoms with van der Waals surface area (Å²) < 4.78 is 0. The second kappa shape index (κ2) is 5.48. The fourth-order valence-corrected chi connectivity index (χ4v) is 3.32. The molecule has 1 N–H and O–H groups in total. The van der Waals surface area contributed by atoms with Crippen molar-refractivity contribution in [1.29, 1.82) is 0 Å². The third kappa shape index (κ3) is 2.96. The van der Waals surface area contributed by atoms with Gasteiger partial charge in [-0.05, 0) is 45.8 Å². The number of aliphatic hydroxyl groups is 1. The molecule has 0 aromatic heterocycles. The molecule has 16 heavy (non-hydrogen) atoms. The number of nitrogens with zero attached hydrogens (tertiary/aromatic N) is 2. The topological polar surface area (TPSA) is 26.7 Å². The highest BCUT2D eigenvalue weighted by Gasteiger charge is 2.29. The van der Waals surface area contributed by atoms with E-state index in [1.807, 2.05) is 0 Å². The van der Waals surface area contributed by atoms with Crippen molar-refractivity contribution in [2.75, 3.05) is 33.7 Å². The largest absolute Gasteiger partial charge is 0.391 e. The molecule has 1 heterocycles. The van der Waals surface area contributed by atoms with E-state index >= 15 is 0 Å². The fourth-order valence-electron chi connectivity index (χ4n) is 3.32. The van der Waals surface area contributed by atoms with E-state index in [0.29, 0.717) is 6.04 Å². The number of rotatable bonds is 3. The van der Waals surface area contributed by atoms with Crippen molar-refractivity contribution in [2.45, 2.75) is 44.2 Å². The third-order valence-electron chi connectivity index (χ3n) is 4.30. The Morgan fingerprint density at radius 2 is 2.00 bits per heavy atom. The van der Waals surface area contributed by atoms with E-state index in [9.17, 15) is 5.11 Å². The van der Waals surface area contributed by atoms with Crippen LogP contribution in [-0.2, 0) is 0 Å². The van der Waals surface area contributed by atoms with Gasteiger partial charge in [0.15, 0.2) is 0 Å². The van der Waals surface area contributed by atoms with E-state index in [2.05, 4.69) is 23.9 Å². The Kier molecular flexibility index (Phi) is 4.22. The maximum Gasteiger partial charge on any atom is 0.0695 e. The lowest BCUT2D eigenvalue weighted by atomic mass is 9.91. The van der Waals surface area contributed by atoms with Crippen LogP contribution >= 0.6 is 0 Å². The monoisotopic (exact) mass is 226 g/mol. The van der Waals surface area contributed by atoms with Crippen LogP contribution < -0.4 is 0 Å². The minimum atomic E-state index is -0.0853. The van der Waals surface area contributed by atoms with Crippen LogP contribution in [0.1, 0.15) is 32.1 Å². The molecule has 3 atom stereocenters. The third-order valence-corrected chi connectivity index (χ3v) is 4.30. The maximum atomic E-state index is 10.0. The lowest BCUT2D eigenvalue weighted by Crippen LogP contribution is -2.45. The molecule has 0 spiro atoms. The van der Waals surface area contributed by atoms with E-state index in [1.54, 1.807) is 0 Å². The zero-order valence-electron chi connectivity index (χ0n) is 10.7. The number of likely N-dealkylation sites (N-methyl/N-ethyl adjacent to an activating group) is 1. The highest BCUT2D eigenvalue weighted by atomic mass is 16.3. The molecule has 2 aliphatic rings. The van der Waals surface area contributed by atoms with Gasteiger partial charge in [0.05, 0.1) is 6.10 Å². The van der Waals surface area contributed by atoms with Gasteiger partial charge in [-0.25, -0.2) is 0 Å². The Balaban J connectivity index is 1.80. The molecule has 1 aliphatic heterocycles. The van der Waals surface area contributed by atoms with Crippen LogP contribution in [0.3, 0.4) is 0 Å². The predicted molar refractivity (Wildman–Crippen MR) is 66.5 cm³/mol. The zero-order chi connectivity index (χ0) is 11.5. The molecule has 1 saturated carbocycles. The van der Waals surface area contributed by atoms with Crippen LogP contribution in [0.2, 0.25) is 0 Å². The van der Waals surface area contributed by atoms with Crippen LogP contribution in [0.4, 0.5) is 0 Å². The standard InChI is InChI=1S/C13H26N2O/c1-14-8-7-11(9-14)10-15(2)12-5-3-4-6-13(12)16/h11-13,16H,3-10H2,1-2H3. The van der Waals surface area contributed by atoms with Gasteiger partial charge >= 0.3 is 0 Å². The molecule has 2 fully saturated rings. The average Bonchev–Trinajstić information content (AvgIpc) is 2.64. The molecule has 0 aromatic carbocycles. The van der Waals surface area contributed by atoms with Gasteiger partial charge in [0, 0.05) is 19.1 Å². The summed E-state index contributed by atoms with van der Waals surface area (Å²) >= 11 is 0. The van der Waals surface area contributed by atoms with Crippen LogP contribution in [-0.4, -0.2) is 60.8 Å². The molecule has 94 valence electrons. The second-order valence-electron chi connectivity index (χ2n) is 5.78. The van der Waals surface area contributed by atoms with Gasteiger partial charge in [-0.2, -0.15) is 0 Å². The first kappa shape index (κ1) is 12.3. The molecule has 2 rings (SSSR count). The highest BCUT2D eigenvalue weighted by molar-refractivity contribution is 4.84. The van der Waals surface area contributed by atoms with E-state index in [0.717, 1.165) is 18.9 Å². The van der Waals surface area contributed by atoms with Crippen molar-refractivity contribution in [3.05, 3.63) is 0 Å². The van der Waals surface area contributed by atoms with Crippen LogP contribution in [0, 0.1) is 5.92 Å². The Labute approximate surface area is 99.4 Å². The Hall–Kier alpha value is -0.120. The zero-order valence-corrected chi connectivity index (χ0v) is 10.7. The lowest BCUT2D eigenvalue weighted by Gasteiger charge is -2.36. The van der Waals surface area contributed by atoms with E-state index in [4.69, 9.17) is 0 Å². The Bertz CT molecular complexity index is 222. The van der Waals surface area contributed by atoms with Gasteiger partial charge in [0.25, 0.3) is 0 Å².